The number of carbonyl (C=O) groups is 1. The molecule has 0 bridgehead atoms. The Morgan fingerprint density at radius 1 is 1.33 bits per heavy atom. The van der Waals surface area contributed by atoms with E-state index in [4.69, 9.17) is 9.15 Å². The zero-order valence-corrected chi connectivity index (χ0v) is 15.5. The lowest BCUT2D eigenvalue weighted by atomic mass is 10.1. The van der Waals surface area contributed by atoms with Gasteiger partial charge in [0.15, 0.2) is 0 Å². The Kier molecular flexibility index (Phi) is 6.02. The zero-order chi connectivity index (χ0) is 19.2. The molecule has 0 atom stereocenters. The van der Waals surface area contributed by atoms with Gasteiger partial charge in [0.2, 0.25) is 5.71 Å². The van der Waals surface area contributed by atoms with Crippen molar-refractivity contribution in [1.29, 1.82) is 0 Å². The fourth-order valence-corrected chi connectivity index (χ4v) is 2.91. The molecular weight excluding hydrogens is 350 g/mol. The Morgan fingerprint density at radius 3 is 2.93 bits per heavy atom. The number of rotatable bonds is 9. The lowest BCUT2D eigenvalue weighted by molar-refractivity contribution is 0.0952. The van der Waals surface area contributed by atoms with Crippen LogP contribution in [0.5, 0.6) is 0 Å². The molecule has 9 heteroatoms. The first-order valence-corrected chi connectivity index (χ1v) is 8.85. The number of methoxy groups -OCH3 is 1. The Morgan fingerprint density at radius 2 is 2.19 bits per heavy atom. The number of nitrogens with one attached hydrogen (secondary N) is 1. The molecule has 27 heavy (non-hydrogen) atoms. The lowest BCUT2D eigenvalue weighted by Crippen LogP contribution is -2.28. The van der Waals surface area contributed by atoms with Gasteiger partial charge in [-0.1, -0.05) is 0 Å². The van der Waals surface area contributed by atoms with Crippen LogP contribution in [-0.2, 0) is 17.8 Å². The van der Waals surface area contributed by atoms with E-state index in [1.54, 1.807) is 24.9 Å². The van der Waals surface area contributed by atoms with E-state index in [1.807, 2.05) is 12.3 Å². The third-order valence-electron chi connectivity index (χ3n) is 4.24. The van der Waals surface area contributed by atoms with Crippen LogP contribution in [0.15, 0.2) is 34.0 Å². The van der Waals surface area contributed by atoms with Gasteiger partial charge in [-0.2, -0.15) is 5.10 Å². The van der Waals surface area contributed by atoms with Gasteiger partial charge in [-0.15, -0.1) is 0 Å². The summed E-state index contributed by atoms with van der Waals surface area (Å²) < 4.78 is 13.8. The number of fused-ring (bicyclic) bond motifs is 1. The first kappa shape index (κ1) is 18.8. The fourth-order valence-electron chi connectivity index (χ4n) is 2.91. The zero-order valence-electron chi connectivity index (χ0n) is 15.5. The topological polar surface area (TPSA) is 104 Å². The van der Waals surface area contributed by atoms with Crippen LogP contribution in [0.25, 0.3) is 11.1 Å². The average Bonchev–Trinajstić information content (AvgIpc) is 3.28. The predicted octanol–water partition coefficient (Wildman–Crippen LogP) is 1.35. The third-order valence-corrected chi connectivity index (χ3v) is 4.24. The van der Waals surface area contributed by atoms with Crippen LogP contribution in [-0.4, -0.2) is 45.5 Å². The highest BCUT2D eigenvalue weighted by Crippen LogP contribution is 2.20. The molecule has 3 aromatic heterocycles. The Labute approximate surface area is 155 Å². The molecule has 3 aromatic rings. The number of ether oxygens (including phenoxy) is 1. The predicted molar refractivity (Wildman–Crippen MR) is 98.7 cm³/mol. The van der Waals surface area contributed by atoms with Gasteiger partial charge in [0.1, 0.15) is 17.5 Å². The van der Waals surface area contributed by atoms with Crippen LogP contribution in [0.1, 0.15) is 29.0 Å². The fraction of sp³-hybridized carbons (Fsp3) is 0.444. The standard InChI is InChI=1S/C18H23N5O4/c1-13-14(16(24)19-6-3-9-23-10-4-7-21-23)15-17(27-13)20-12-22(18(15)25)8-5-11-26-2/h4,7,10,12H,3,5-6,8-9,11H2,1-2H3,(H,19,24). The molecule has 0 aliphatic heterocycles. The van der Waals surface area contributed by atoms with E-state index >= 15 is 0 Å². The Hall–Kier alpha value is -2.94. The number of hydrogen-bond acceptors (Lipinski definition) is 6. The van der Waals surface area contributed by atoms with Crippen LogP contribution in [0.2, 0.25) is 0 Å². The quantitative estimate of drug-likeness (QED) is 0.568. The molecule has 144 valence electrons. The van der Waals surface area contributed by atoms with E-state index in [1.165, 1.54) is 10.9 Å². The molecule has 0 fully saturated rings. The minimum absolute atomic E-state index is 0.183. The summed E-state index contributed by atoms with van der Waals surface area (Å²) in [5.74, 6) is 0.0501. The third kappa shape index (κ3) is 4.25. The molecule has 0 saturated carbocycles. The number of carbonyl (C=O) groups excluding carboxylic acids is 1. The second-order valence-electron chi connectivity index (χ2n) is 6.18. The molecular formula is C18H23N5O4. The van der Waals surface area contributed by atoms with Crippen molar-refractivity contribution in [3.63, 3.8) is 0 Å². The smallest absolute Gasteiger partial charge is 0.265 e. The molecule has 9 nitrogen and oxygen atoms in total. The molecule has 0 aromatic carbocycles. The summed E-state index contributed by atoms with van der Waals surface area (Å²) in [7, 11) is 1.61. The van der Waals surface area contributed by atoms with Gasteiger partial charge >= 0.3 is 0 Å². The largest absolute Gasteiger partial charge is 0.442 e. The van der Waals surface area contributed by atoms with Gasteiger partial charge in [-0.25, -0.2) is 4.98 Å². The number of aryl methyl sites for hydroxylation is 3. The van der Waals surface area contributed by atoms with Gasteiger partial charge in [-0.05, 0) is 25.8 Å². The normalized spacial score (nSPS) is 11.2. The molecule has 0 unspecified atom stereocenters. The van der Waals surface area contributed by atoms with E-state index in [9.17, 15) is 9.59 Å². The molecule has 0 aliphatic carbocycles. The minimum atomic E-state index is -0.333. The van der Waals surface area contributed by atoms with Crippen LogP contribution in [0.4, 0.5) is 0 Å². The van der Waals surface area contributed by atoms with Gasteiger partial charge in [0, 0.05) is 45.7 Å². The van der Waals surface area contributed by atoms with E-state index < -0.39 is 0 Å². The van der Waals surface area contributed by atoms with Gasteiger partial charge in [-0.3, -0.25) is 18.8 Å². The summed E-state index contributed by atoms with van der Waals surface area (Å²) in [5, 5.41) is 7.18. The monoisotopic (exact) mass is 373 g/mol. The summed E-state index contributed by atoms with van der Waals surface area (Å²) >= 11 is 0. The molecule has 1 N–H and O–H groups in total. The van der Waals surface area contributed by atoms with Crippen molar-refractivity contribution >= 4 is 17.0 Å². The number of furan rings is 1. The summed E-state index contributed by atoms with van der Waals surface area (Å²) in [6.45, 7) is 3.83. The van der Waals surface area contributed by atoms with E-state index in [-0.39, 0.29) is 28.1 Å². The highest BCUT2D eigenvalue weighted by atomic mass is 16.5. The number of amides is 1. The van der Waals surface area contributed by atoms with Crippen molar-refractivity contribution < 1.29 is 13.9 Å². The molecule has 0 radical (unpaired) electrons. The Balaban J connectivity index is 1.74. The van der Waals surface area contributed by atoms with Crippen LogP contribution in [0, 0.1) is 6.92 Å². The van der Waals surface area contributed by atoms with Crippen molar-refractivity contribution in [2.45, 2.75) is 32.9 Å². The van der Waals surface area contributed by atoms with Crippen molar-refractivity contribution in [3.05, 3.63) is 46.5 Å². The number of nitrogens with zero attached hydrogens (tertiary/aromatic N) is 4. The highest BCUT2D eigenvalue weighted by molar-refractivity contribution is 6.06. The van der Waals surface area contributed by atoms with Crippen LogP contribution in [0.3, 0.4) is 0 Å². The van der Waals surface area contributed by atoms with Crippen molar-refractivity contribution in [2.75, 3.05) is 20.3 Å². The summed E-state index contributed by atoms with van der Waals surface area (Å²) in [5.41, 5.74) is 0.152. The molecule has 3 heterocycles. The maximum absolute atomic E-state index is 12.8. The number of hydrogen-bond donors (Lipinski definition) is 1. The summed E-state index contributed by atoms with van der Waals surface area (Å²) in [4.78, 5) is 29.6. The first-order valence-electron chi connectivity index (χ1n) is 8.85. The van der Waals surface area contributed by atoms with E-state index in [2.05, 4.69) is 15.4 Å². The van der Waals surface area contributed by atoms with Crippen LogP contribution >= 0.6 is 0 Å². The van der Waals surface area contributed by atoms with Crippen molar-refractivity contribution in [2.24, 2.45) is 0 Å². The molecule has 3 rings (SSSR count). The molecule has 1 amide bonds. The molecule has 0 aliphatic rings. The maximum atomic E-state index is 12.8. The lowest BCUT2D eigenvalue weighted by Gasteiger charge is -2.06. The van der Waals surface area contributed by atoms with E-state index in [0.717, 1.165) is 6.42 Å². The second-order valence-corrected chi connectivity index (χ2v) is 6.18. The van der Waals surface area contributed by atoms with Gasteiger partial charge < -0.3 is 14.5 Å². The first-order chi connectivity index (χ1) is 13.1. The molecule has 0 spiro atoms. The number of aromatic nitrogens is 4. The average molecular weight is 373 g/mol. The van der Waals surface area contributed by atoms with Gasteiger partial charge in [0.25, 0.3) is 11.5 Å². The van der Waals surface area contributed by atoms with Crippen molar-refractivity contribution in [3.8, 4) is 0 Å². The van der Waals surface area contributed by atoms with Crippen molar-refractivity contribution in [1.82, 2.24) is 24.6 Å². The second kappa shape index (κ2) is 8.63. The van der Waals surface area contributed by atoms with E-state index in [0.29, 0.717) is 38.4 Å². The molecule has 0 saturated heterocycles. The SMILES string of the molecule is COCCCn1cnc2oc(C)c(C(=O)NCCCn3cccn3)c2c1=O. The maximum Gasteiger partial charge on any atom is 0.265 e. The summed E-state index contributed by atoms with van der Waals surface area (Å²) in [6, 6.07) is 1.85. The summed E-state index contributed by atoms with van der Waals surface area (Å²) in [6.07, 6.45) is 6.42. The van der Waals surface area contributed by atoms with Gasteiger partial charge in [0.05, 0.1) is 5.56 Å². The highest BCUT2D eigenvalue weighted by Gasteiger charge is 2.22. The van der Waals surface area contributed by atoms with Crippen LogP contribution < -0.4 is 10.9 Å². The Bertz CT molecular complexity index is 958. The minimum Gasteiger partial charge on any atom is -0.442 e.